The van der Waals surface area contributed by atoms with Crippen LogP contribution in [0.1, 0.15) is 40.2 Å². The smallest absolute Gasteiger partial charge is 0.253 e. The fourth-order valence-electron chi connectivity index (χ4n) is 3.14. The zero-order chi connectivity index (χ0) is 20.3. The summed E-state index contributed by atoms with van der Waals surface area (Å²) in [4.78, 5) is 14.3. The Morgan fingerprint density at radius 3 is 2.79 bits per heavy atom. The summed E-state index contributed by atoms with van der Waals surface area (Å²) in [5.41, 5.74) is 1.87. The summed E-state index contributed by atoms with van der Waals surface area (Å²) < 4.78 is 38.3. The first-order valence-corrected chi connectivity index (χ1v) is 10.6. The van der Waals surface area contributed by atoms with Crippen molar-refractivity contribution in [2.45, 2.75) is 44.2 Å². The predicted octanol–water partition coefficient (Wildman–Crippen LogP) is 2.02. The molecule has 0 bridgehead atoms. The monoisotopic (exact) mass is 407 g/mol. The molecular formula is C19H25N3O5S. The van der Waals surface area contributed by atoms with Gasteiger partial charge in [0.15, 0.2) is 0 Å². The number of amides is 1. The lowest BCUT2D eigenvalue weighted by molar-refractivity contribution is 0.0784. The third-order valence-corrected chi connectivity index (χ3v) is 6.26. The van der Waals surface area contributed by atoms with E-state index in [1.165, 1.54) is 17.0 Å². The molecule has 28 heavy (non-hydrogen) atoms. The Morgan fingerprint density at radius 1 is 1.36 bits per heavy atom. The fraction of sp³-hybridized carbons (Fsp3) is 0.474. The summed E-state index contributed by atoms with van der Waals surface area (Å²) in [5.74, 6) is 0.378. The molecule has 152 valence electrons. The number of carbonyl (C=O) groups excluding carboxylic acids is 1. The number of rotatable bonds is 7. The molecule has 1 aromatic heterocycles. The van der Waals surface area contributed by atoms with Crippen LogP contribution in [0.5, 0.6) is 0 Å². The van der Waals surface area contributed by atoms with E-state index in [-0.39, 0.29) is 23.5 Å². The lowest BCUT2D eigenvalue weighted by atomic mass is 10.1. The van der Waals surface area contributed by atoms with Gasteiger partial charge in [-0.3, -0.25) is 4.79 Å². The Morgan fingerprint density at radius 2 is 2.14 bits per heavy atom. The SMILES string of the molecule is Cc1noc(C)c1CN(C)C(=O)c1cccc(S(=O)(=O)NCC2CCCO2)c1. The molecule has 1 fully saturated rings. The van der Waals surface area contributed by atoms with E-state index in [1.807, 2.05) is 6.92 Å². The second-order valence-corrected chi connectivity index (χ2v) is 8.75. The number of aryl methyl sites for hydroxylation is 2. The number of nitrogens with one attached hydrogen (secondary N) is 1. The first-order valence-electron chi connectivity index (χ1n) is 9.16. The molecule has 2 aromatic rings. The van der Waals surface area contributed by atoms with Gasteiger partial charge < -0.3 is 14.2 Å². The highest BCUT2D eigenvalue weighted by atomic mass is 32.2. The van der Waals surface area contributed by atoms with Gasteiger partial charge in [0, 0.05) is 31.3 Å². The second-order valence-electron chi connectivity index (χ2n) is 6.98. The van der Waals surface area contributed by atoms with Crippen LogP contribution in [-0.2, 0) is 21.3 Å². The van der Waals surface area contributed by atoms with Crippen molar-refractivity contribution in [1.82, 2.24) is 14.8 Å². The van der Waals surface area contributed by atoms with Crippen molar-refractivity contribution in [1.29, 1.82) is 0 Å². The Balaban J connectivity index is 1.71. The maximum absolute atomic E-state index is 12.8. The molecule has 1 unspecified atom stereocenters. The number of ether oxygens (including phenoxy) is 1. The minimum atomic E-state index is -3.72. The van der Waals surface area contributed by atoms with E-state index < -0.39 is 10.0 Å². The zero-order valence-corrected chi connectivity index (χ0v) is 17.1. The van der Waals surface area contributed by atoms with Crippen LogP contribution < -0.4 is 4.72 Å². The molecule has 1 amide bonds. The van der Waals surface area contributed by atoms with Crippen LogP contribution in [0.25, 0.3) is 0 Å². The maximum Gasteiger partial charge on any atom is 0.253 e. The van der Waals surface area contributed by atoms with Crippen LogP contribution in [0, 0.1) is 13.8 Å². The highest BCUT2D eigenvalue weighted by Gasteiger charge is 2.22. The van der Waals surface area contributed by atoms with Crippen LogP contribution in [-0.4, -0.2) is 50.7 Å². The Hall–Kier alpha value is -2.23. The van der Waals surface area contributed by atoms with Crippen molar-refractivity contribution in [3.8, 4) is 0 Å². The molecule has 1 N–H and O–H groups in total. The van der Waals surface area contributed by atoms with Gasteiger partial charge in [-0.1, -0.05) is 11.2 Å². The number of benzene rings is 1. The third-order valence-electron chi connectivity index (χ3n) is 4.84. The fourth-order valence-corrected chi connectivity index (χ4v) is 4.26. The number of hydrogen-bond acceptors (Lipinski definition) is 6. The Labute approximate surface area is 164 Å². The maximum atomic E-state index is 12.8. The van der Waals surface area contributed by atoms with Gasteiger partial charge in [0.1, 0.15) is 5.76 Å². The van der Waals surface area contributed by atoms with Gasteiger partial charge in [-0.05, 0) is 44.9 Å². The van der Waals surface area contributed by atoms with E-state index >= 15 is 0 Å². The van der Waals surface area contributed by atoms with Gasteiger partial charge in [-0.2, -0.15) is 0 Å². The molecule has 9 heteroatoms. The van der Waals surface area contributed by atoms with E-state index in [4.69, 9.17) is 9.26 Å². The first-order chi connectivity index (χ1) is 13.3. The topological polar surface area (TPSA) is 102 Å². The molecular weight excluding hydrogens is 382 g/mol. The highest BCUT2D eigenvalue weighted by Crippen LogP contribution is 2.18. The molecule has 0 spiro atoms. The van der Waals surface area contributed by atoms with Gasteiger partial charge in [0.05, 0.1) is 23.2 Å². The summed E-state index contributed by atoms with van der Waals surface area (Å²) in [5, 5.41) is 3.89. The molecule has 0 radical (unpaired) electrons. The van der Waals surface area contributed by atoms with E-state index in [0.717, 1.165) is 24.1 Å². The largest absolute Gasteiger partial charge is 0.377 e. The molecule has 2 heterocycles. The molecule has 3 rings (SSSR count). The summed E-state index contributed by atoms with van der Waals surface area (Å²) in [6.07, 6.45) is 1.68. The summed E-state index contributed by atoms with van der Waals surface area (Å²) in [6.45, 7) is 4.83. The summed E-state index contributed by atoms with van der Waals surface area (Å²) in [6, 6.07) is 6.04. The zero-order valence-electron chi connectivity index (χ0n) is 16.3. The minimum Gasteiger partial charge on any atom is -0.377 e. The predicted molar refractivity (Wildman–Crippen MR) is 102 cm³/mol. The normalized spacial score (nSPS) is 17.0. The van der Waals surface area contributed by atoms with E-state index in [1.54, 1.807) is 26.1 Å². The van der Waals surface area contributed by atoms with Crippen molar-refractivity contribution in [2.24, 2.45) is 0 Å². The summed E-state index contributed by atoms with van der Waals surface area (Å²) in [7, 11) is -2.06. The van der Waals surface area contributed by atoms with Crippen molar-refractivity contribution in [3.05, 3.63) is 46.8 Å². The number of sulfonamides is 1. The third kappa shape index (κ3) is 4.60. The quantitative estimate of drug-likeness (QED) is 0.753. The Bertz CT molecular complexity index is 929. The molecule has 1 aromatic carbocycles. The van der Waals surface area contributed by atoms with Crippen LogP contribution in [0.2, 0.25) is 0 Å². The number of nitrogens with zero attached hydrogens (tertiary/aromatic N) is 2. The minimum absolute atomic E-state index is 0.0575. The molecule has 1 aliphatic heterocycles. The van der Waals surface area contributed by atoms with Gasteiger partial charge in [-0.15, -0.1) is 0 Å². The van der Waals surface area contributed by atoms with E-state index in [9.17, 15) is 13.2 Å². The average Bonchev–Trinajstić information content (AvgIpc) is 3.31. The molecule has 0 saturated carbocycles. The summed E-state index contributed by atoms with van der Waals surface area (Å²) >= 11 is 0. The lowest BCUT2D eigenvalue weighted by Gasteiger charge is -2.18. The molecule has 0 aliphatic carbocycles. The molecule has 1 saturated heterocycles. The standard InChI is InChI=1S/C19H25N3O5S/c1-13-18(14(2)27-21-13)12-22(3)19(23)15-6-4-8-17(10-15)28(24,25)20-11-16-7-5-9-26-16/h4,6,8,10,16,20H,5,7,9,11-12H2,1-3H3. The highest BCUT2D eigenvalue weighted by molar-refractivity contribution is 7.89. The van der Waals surface area contributed by atoms with Gasteiger partial charge in [0.2, 0.25) is 10.0 Å². The van der Waals surface area contributed by atoms with Crippen molar-refractivity contribution in [3.63, 3.8) is 0 Å². The van der Waals surface area contributed by atoms with Crippen molar-refractivity contribution >= 4 is 15.9 Å². The van der Waals surface area contributed by atoms with E-state index in [0.29, 0.717) is 24.5 Å². The first kappa shape index (κ1) is 20.5. The van der Waals surface area contributed by atoms with Crippen LogP contribution in [0.15, 0.2) is 33.7 Å². The lowest BCUT2D eigenvalue weighted by Crippen LogP contribution is -2.32. The van der Waals surface area contributed by atoms with Crippen molar-refractivity contribution < 1.29 is 22.5 Å². The molecule has 1 atom stereocenters. The second kappa shape index (κ2) is 8.42. The Kier molecular flexibility index (Phi) is 6.17. The van der Waals surface area contributed by atoms with Crippen LogP contribution in [0.3, 0.4) is 0 Å². The molecule has 8 nitrogen and oxygen atoms in total. The van der Waals surface area contributed by atoms with Crippen LogP contribution >= 0.6 is 0 Å². The van der Waals surface area contributed by atoms with Gasteiger partial charge in [-0.25, -0.2) is 13.1 Å². The van der Waals surface area contributed by atoms with Crippen LogP contribution in [0.4, 0.5) is 0 Å². The average molecular weight is 407 g/mol. The number of carbonyl (C=O) groups is 1. The number of aromatic nitrogens is 1. The van der Waals surface area contributed by atoms with Gasteiger partial charge >= 0.3 is 0 Å². The van der Waals surface area contributed by atoms with E-state index in [2.05, 4.69) is 9.88 Å². The molecule has 1 aliphatic rings. The number of hydrogen-bond donors (Lipinski definition) is 1. The van der Waals surface area contributed by atoms with Crippen molar-refractivity contribution in [2.75, 3.05) is 20.2 Å². The van der Waals surface area contributed by atoms with Gasteiger partial charge in [0.25, 0.3) is 5.91 Å².